The Kier molecular flexibility index (Phi) is 2.52. The maximum atomic E-state index is 13.1. The molecule has 2 aromatic heterocycles. The van der Waals surface area contributed by atoms with E-state index in [2.05, 4.69) is 9.97 Å². The number of thiophene rings is 1. The van der Waals surface area contributed by atoms with Crippen molar-refractivity contribution in [3.8, 4) is 16.5 Å². The van der Waals surface area contributed by atoms with E-state index in [9.17, 15) is 8.78 Å². The van der Waals surface area contributed by atoms with Gasteiger partial charge in [-0.15, -0.1) is 11.3 Å². The van der Waals surface area contributed by atoms with Crippen molar-refractivity contribution in [1.82, 2.24) is 9.97 Å². The van der Waals surface area contributed by atoms with E-state index < -0.39 is 11.6 Å². The van der Waals surface area contributed by atoms with Gasteiger partial charge >= 0.3 is 0 Å². The molecule has 92 valence electrons. The number of H-pyrrole nitrogens is 1. The van der Waals surface area contributed by atoms with Crippen LogP contribution in [0, 0.1) is 11.6 Å². The summed E-state index contributed by atoms with van der Waals surface area (Å²) in [6.45, 7) is 0. The first-order chi connectivity index (χ1) is 8.67. The Morgan fingerprint density at radius 2 is 2.00 bits per heavy atom. The third-order valence-electron chi connectivity index (χ3n) is 2.57. The molecule has 0 unspecified atom stereocenters. The van der Waals surface area contributed by atoms with Gasteiger partial charge in [-0.25, -0.2) is 13.8 Å². The lowest BCUT2D eigenvalue weighted by Crippen LogP contribution is -1.82. The molecule has 0 aliphatic carbocycles. The topological polar surface area (TPSA) is 37.9 Å². The Hall–Kier alpha value is -1.95. The molecule has 3 aromatic rings. The van der Waals surface area contributed by atoms with Gasteiger partial charge in [0.2, 0.25) is 0 Å². The minimum Gasteiger partial charge on any atom is -0.496 e. The van der Waals surface area contributed by atoms with Crippen LogP contribution in [-0.2, 0) is 0 Å². The number of halogens is 2. The van der Waals surface area contributed by atoms with Crippen LogP contribution in [0.5, 0.6) is 5.75 Å². The Morgan fingerprint density at radius 3 is 2.72 bits per heavy atom. The van der Waals surface area contributed by atoms with Crippen LogP contribution in [0.15, 0.2) is 23.6 Å². The Bertz CT molecular complexity index is 681. The average molecular weight is 266 g/mol. The number of aromatic amines is 1. The molecule has 0 saturated carbocycles. The largest absolute Gasteiger partial charge is 0.496 e. The third-order valence-corrected chi connectivity index (χ3v) is 3.48. The number of ether oxygens (including phenoxy) is 1. The van der Waals surface area contributed by atoms with E-state index in [-0.39, 0.29) is 0 Å². The molecule has 0 saturated heterocycles. The Balaban J connectivity index is 2.13. The molecule has 0 bridgehead atoms. The number of imidazole rings is 1. The molecular weight excluding hydrogens is 258 g/mol. The maximum Gasteiger partial charge on any atom is 0.161 e. The third kappa shape index (κ3) is 1.74. The summed E-state index contributed by atoms with van der Waals surface area (Å²) >= 11 is 1.44. The van der Waals surface area contributed by atoms with E-state index in [0.717, 1.165) is 22.8 Å². The van der Waals surface area contributed by atoms with E-state index in [1.807, 2.05) is 11.4 Å². The number of rotatable bonds is 2. The fraction of sp³-hybridized carbons (Fsp3) is 0.0833. The summed E-state index contributed by atoms with van der Waals surface area (Å²) in [5.74, 6) is -0.484. The highest BCUT2D eigenvalue weighted by atomic mass is 32.1. The van der Waals surface area contributed by atoms with Gasteiger partial charge in [0.15, 0.2) is 11.6 Å². The molecule has 3 rings (SSSR count). The van der Waals surface area contributed by atoms with E-state index in [1.165, 1.54) is 11.3 Å². The zero-order chi connectivity index (χ0) is 12.7. The highest BCUT2D eigenvalue weighted by molar-refractivity contribution is 7.13. The monoisotopic (exact) mass is 266 g/mol. The van der Waals surface area contributed by atoms with Crippen LogP contribution in [0.3, 0.4) is 0 Å². The van der Waals surface area contributed by atoms with Crippen LogP contribution in [0.25, 0.3) is 21.7 Å². The molecule has 2 heterocycles. The van der Waals surface area contributed by atoms with Gasteiger partial charge in [-0.05, 0) is 0 Å². The van der Waals surface area contributed by atoms with Gasteiger partial charge in [-0.1, -0.05) is 0 Å². The van der Waals surface area contributed by atoms with Gasteiger partial charge in [-0.3, -0.25) is 0 Å². The molecule has 0 fully saturated rings. The Labute approximate surface area is 105 Å². The second-order valence-corrected chi connectivity index (χ2v) is 4.63. The van der Waals surface area contributed by atoms with E-state index in [0.29, 0.717) is 16.9 Å². The normalized spacial score (nSPS) is 11.1. The highest BCUT2D eigenvalue weighted by Gasteiger charge is 2.11. The molecular formula is C12H8F2N2OS. The summed E-state index contributed by atoms with van der Waals surface area (Å²) in [4.78, 5) is 8.03. The number of nitrogens with one attached hydrogen (secondary N) is 1. The van der Waals surface area contributed by atoms with Crippen LogP contribution in [0.1, 0.15) is 0 Å². The zero-order valence-electron chi connectivity index (χ0n) is 9.33. The molecule has 0 aliphatic rings. The van der Waals surface area contributed by atoms with Gasteiger partial charge in [-0.2, -0.15) is 0 Å². The van der Waals surface area contributed by atoms with Gasteiger partial charge in [0.25, 0.3) is 0 Å². The first-order valence-corrected chi connectivity index (χ1v) is 6.03. The first-order valence-electron chi connectivity index (χ1n) is 5.15. The van der Waals surface area contributed by atoms with E-state index >= 15 is 0 Å². The van der Waals surface area contributed by atoms with Crippen LogP contribution >= 0.6 is 11.3 Å². The lowest BCUT2D eigenvalue weighted by molar-refractivity contribution is 0.417. The number of fused-ring (bicyclic) bond motifs is 1. The first kappa shape index (κ1) is 11.2. The van der Waals surface area contributed by atoms with E-state index in [1.54, 1.807) is 7.11 Å². The molecule has 1 aromatic carbocycles. The summed E-state index contributed by atoms with van der Waals surface area (Å²) < 4.78 is 31.2. The van der Waals surface area contributed by atoms with Crippen molar-refractivity contribution in [3.05, 3.63) is 35.2 Å². The molecule has 1 N–H and O–H groups in total. The van der Waals surface area contributed by atoms with Crippen LogP contribution in [-0.4, -0.2) is 17.1 Å². The lowest BCUT2D eigenvalue weighted by Gasteiger charge is -1.90. The maximum absolute atomic E-state index is 13.1. The van der Waals surface area contributed by atoms with Crippen molar-refractivity contribution < 1.29 is 13.5 Å². The fourth-order valence-electron chi connectivity index (χ4n) is 1.67. The number of hydrogen-bond donors (Lipinski definition) is 1. The fourth-order valence-corrected chi connectivity index (χ4v) is 2.47. The van der Waals surface area contributed by atoms with Crippen molar-refractivity contribution in [2.24, 2.45) is 0 Å². The number of methoxy groups -OCH3 is 1. The van der Waals surface area contributed by atoms with Crippen molar-refractivity contribution in [1.29, 1.82) is 0 Å². The van der Waals surface area contributed by atoms with Crippen LogP contribution in [0.2, 0.25) is 0 Å². The summed E-state index contributed by atoms with van der Waals surface area (Å²) in [6.07, 6.45) is 0. The minimum atomic E-state index is -0.899. The number of nitrogens with zero attached hydrogens (tertiary/aromatic N) is 1. The molecule has 18 heavy (non-hydrogen) atoms. The molecule has 0 atom stereocenters. The summed E-state index contributed by atoms with van der Waals surface area (Å²) in [7, 11) is 1.58. The van der Waals surface area contributed by atoms with Gasteiger partial charge < -0.3 is 9.72 Å². The van der Waals surface area contributed by atoms with E-state index in [4.69, 9.17) is 4.74 Å². The zero-order valence-corrected chi connectivity index (χ0v) is 10.1. The summed E-state index contributed by atoms with van der Waals surface area (Å²) in [5, 5.41) is 1.84. The second kappa shape index (κ2) is 4.06. The quantitative estimate of drug-likeness (QED) is 0.770. The lowest BCUT2D eigenvalue weighted by atomic mass is 10.3. The molecule has 0 aliphatic heterocycles. The molecule has 0 radical (unpaired) electrons. The Morgan fingerprint density at radius 1 is 1.22 bits per heavy atom. The summed E-state index contributed by atoms with van der Waals surface area (Å²) in [6, 6.07) is 4.00. The van der Waals surface area contributed by atoms with Crippen LogP contribution < -0.4 is 4.74 Å². The predicted octanol–water partition coefficient (Wildman–Crippen LogP) is 3.58. The van der Waals surface area contributed by atoms with Gasteiger partial charge in [0.1, 0.15) is 11.6 Å². The molecule has 0 amide bonds. The molecule has 0 spiro atoms. The van der Waals surface area contributed by atoms with Gasteiger partial charge in [0.05, 0.1) is 23.0 Å². The molecule has 6 heteroatoms. The minimum absolute atomic E-state index is 0.399. The van der Waals surface area contributed by atoms with Crippen molar-refractivity contribution >= 4 is 22.4 Å². The van der Waals surface area contributed by atoms with Crippen molar-refractivity contribution in [2.75, 3.05) is 7.11 Å². The van der Waals surface area contributed by atoms with Gasteiger partial charge in [0, 0.05) is 23.6 Å². The average Bonchev–Trinajstić information content (AvgIpc) is 2.95. The van der Waals surface area contributed by atoms with Crippen molar-refractivity contribution in [2.45, 2.75) is 0 Å². The SMILES string of the molecule is COc1csc(-c2nc3cc(F)c(F)cc3[nH]2)c1. The predicted molar refractivity (Wildman–Crippen MR) is 65.9 cm³/mol. The smallest absolute Gasteiger partial charge is 0.161 e. The highest BCUT2D eigenvalue weighted by Crippen LogP contribution is 2.30. The number of hydrogen-bond acceptors (Lipinski definition) is 3. The number of benzene rings is 1. The standard InChI is InChI=1S/C12H8F2N2OS/c1-17-6-2-11(18-5-6)12-15-9-3-7(13)8(14)4-10(9)16-12/h2-5H,1H3,(H,15,16). The van der Waals surface area contributed by atoms with Crippen molar-refractivity contribution in [3.63, 3.8) is 0 Å². The summed E-state index contributed by atoms with van der Waals surface area (Å²) in [5.41, 5.74) is 0.868. The number of aromatic nitrogens is 2. The van der Waals surface area contributed by atoms with Crippen LogP contribution in [0.4, 0.5) is 8.78 Å². The molecule has 3 nitrogen and oxygen atoms in total. The second-order valence-electron chi connectivity index (χ2n) is 3.72.